The highest BCUT2D eigenvalue weighted by molar-refractivity contribution is 7.80. The molecule has 0 aliphatic heterocycles. The van der Waals surface area contributed by atoms with E-state index in [0.717, 1.165) is 12.8 Å². The first-order valence-electron chi connectivity index (χ1n) is 9.36. The van der Waals surface area contributed by atoms with Gasteiger partial charge in [0.15, 0.2) is 5.11 Å². The number of aromatic nitrogens is 2. The molecule has 0 radical (unpaired) electrons. The van der Waals surface area contributed by atoms with Gasteiger partial charge in [0.05, 0.1) is 12.8 Å². The molecule has 0 aliphatic rings. The third-order valence-electron chi connectivity index (χ3n) is 4.18. The Kier molecular flexibility index (Phi) is 8.13. The lowest BCUT2D eigenvalue weighted by atomic mass is 10.1. The van der Waals surface area contributed by atoms with Crippen molar-refractivity contribution in [3.8, 4) is 0 Å². The summed E-state index contributed by atoms with van der Waals surface area (Å²) in [5.74, 6) is -0.474. The van der Waals surface area contributed by atoms with E-state index >= 15 is 0 Å². The zero-order valence-electron chi connectivity index (χ0n) is 16.4. The number of carbonyl (C=O) groups is 2. The van der Waals surface area contributed by atoms with E-state index in [1.54, 1.807) is 26.1 Å². The van der Waals surface area contributed by atoms with Crippen molar-refractivity contribution in [2.75, 3.05) is 11.9 Å². The van der Waals surface area contributed by atoms with Gasteiger partial charge in [-0.2, -0.15) is 5.10 Å². The highest BCUT2D eigenvalue weighted by Crippen LogP contribution is 2.15. The highest BCUT2D eigenvalue weighted by Gasteiger charge is 2.19. The molecular formula is C20H26N4O3S. The lowest BCUT2D eigenvalue weighted by molar-refractivity contribution is 0.0527. The average molecular weight is 403 g/mol. The van der Waals surface area contributed by atoms with E-state index in [4.69, 9.17) is 17.0 Å². The molecule has 0 saturated carbocycles. The second-order valence-corrected chi connectivity index (χ2v) is 6.72. The summed E-state index contributed by atoms with van der Waals surface area (Å²) in [5, 5.41) is 9.57. The Hall–Kier alpha value is -2.74. The summed E-state index contributed by atoms with van der Waals surface area (Å²) in [6, 6.07) is 7.49. The van der Waals surface area contributed by atoms with Crippen LogP contribution < -0.4 is 10.6 Å². The third kappa shape index (κ3) is 5.88. The van der Waals surface area contributed by atoms with Crippen LogP contribution in [0.3, 0.4) is 0 Å². The second-order valence-electron chi connectivity index (χ2n) is 6.31. The van der Waals surface area contributed by atoms with Crippen molar-refractivity contribution in [3.05, 3.63) is 47.2 Å². The van der Waals surface area contributed by atoms with Crippen molar-refractivity contribution in [2.45, 2.75) is 39.5 Å². The van der Waals surface area contributed by atoms with E-state index in [2.05, 4.69) is 22.7 Å². The number of ether oxygens (including phenoxy) is 1. The molecule has 1 amide bonds. The molecule has 2 rings (SSSR count). The Bertz CT molecular complexity index is 830. The van der Waals surface area contributed by atoms with Gasteiger partial charge in [-0.15, -0.1) is 0 Å². The minimum Gasteiger partial charge on any atom is -0.462 e. The molecule has 0 aliphatic carbocycles. The number of thiocarbonyl (C=S) groups is 1. The number of anilines is 1. The van der Waals surface area contributed by atoms with Crippen molar-refractivity contribution < 1.29 is 14.3 Å². The molecule has 0 unspecified atom stereocenters. The zero-order valence-corrected chi connectivity index (χ0v) is 17.3. The van der Waals surface area contributed by atoms with Gasteiger partial charge in [-0.3, -0.25) is 14.8 Å². The number of unbranched alkanes of at least 4 members (excludes halogenated alkanes) is 2. The van der Waals surface area contributed by atoms with E-state index in [1.165, 1.54) is 29.3 Å². The van der Waals surface area contributed by atoms with Gasteiger partial charge < -0.3 is 10.1 Å². The highest BCUT2D eigenvalue weighted by atomic mass is 32.1. The molecule has 0 bridgehead atoms. The van der Waals surface area contributed by atoms with Crippen LogP contribution in [0.5, 0.6) is 0 Å². The van der Waals surface area contributed by atoms with Crippen LogP contribution in [-0.2, 0) is 18.2 Å². The Morgan fingerprint density at radius 2 is 1.89 bits per heavy atom. The van der Waals surface area contributed by atoms with Crippen LogP contribution in [0.1, 0.15) is 59.4 Å². The van der Waals surface area contributed by atoms with Crippen LogP contribution in [0.2, 0.25) is 0 Å². The predicted octanol–water partition coefficient (Wildman–Crippen LogP) is 3.46. The van der Waals surface area contributed by atoms with Crippen molar-refractivity contribution in [3.63, 3.8) is 0 Å². The molecule has 2 N–H and O–H groups in total. The van der Waals surface area contributed by atoms with E-state index in [0.29, 0.717) is 11.4 Å². The first-order valence-corrected chi connectivity index (χ1v) is 9.77. The van der Waals surface area contributed by atoms with Crippen LogP contribution >= 0.6 is 12.2 Å². The van der Waals surface area contributed by atoms with Gasteiger partial charge in [0.1, 0.15) is 11.4 Å². The van der Waals surface area contributed by atoms with Crippen molar-refractivity contribution >= 4 is 35.0 Å². The number of aryl methyl sites for hydroxylation is 2. The number of hydrogen-bond donors (Lipinski definition) is 2. The molecule has 1 aromatic heterocycles. The number of nitrogens with zero attached hydrogens (tertiary/aromatic N) is 2. The van der Waals surface area contributed by atoms with Crippen LogP contribution in [0, 0.1) is 0 Å². The number of carbonyl (C=O) groups excluding carboxylic acids is 2. The fraction of sp³-hybridized carbons (Fsp3) is 0.400. The Balaban J connectivity index is 1.97. The predicted molar refractivity (Wildman–Crippen MR) is 113 cm³/mol. The molecule has 7 nitrogen and oxygen atoms in total. The topological polar surface area (TPSA) is 85.2 Å². The Labute approximate surface area is 170 Å². The van der Waals surface area contributed by atoms with Crippen LogP contribution in [0.25, 0.3) is 0 Å². The minimum atomic E-state index is -0.508. The van der Waals surface area contributed by atoms with Gasteiger partial charge in [0, 0.05) is 12.6 Å². The monoisotopic (exact) mass is 402 g/mol. The number of rotatable bonds is 8. The van der Waals surface area contributed by atoms with Gasteiger partial charge in [-0.25, -0.2) is 4.79 Å². The molecule has 1 heterocycles. The van der Waals surface area contributed by atoms with E-state index in [-0.39, 0.29) is 23.2 Å². The molecular weight excluding hydrogens is 376 g/mol. The van der Waals surface area contributed by atoms with Gasteiger partial charge in [0.2, 0.25) is 0 Å². The SMILES string of the molecule is CCCCCc1ccc(C(=O)NC(=S)Nc2c(C(=O)OCC)cnn2C)cc1. The van der Waals surface area contributed by atoms with Crippen molar-refractivity contribution in [1.29, 1.82) is 0 Å². The minimum absolute atomic E-state index is 0.0752. The first kappa shape index (κ1) is 21.6. The molecule has 0 spiro atoms. The largest absolute Gasteiger partial charge is 0.462 e. The number of benzene rings is 1. The quantitative estimate of drug-likeness (QED) is 0.400. The summed E-state index contributed by atoms with van der Waals surface area (Å²) in [5.41, 5.74) is 1.97. The number of hydrogen-bond acceptors (Lipinski definition) is 5. The van der Waals surface area contributed by atoms with Gasteiger partial charge >= 0.3 is 5.97 Å². The standard InChI is InChI=1S/C20H26N4O3S/c1-4-6-7-8-14-9-11-15(12-10-14)18(25)23-20(28)22-17-16(13-21-24(17)3)19(26)27-5-2/h9-13H,4-8H2,1-3H3,(H2,22,23,25,28). The van der Waals surface area contributed by atoms with E-state index < -0.39 is 5.97 Å². The molecule has 150 valence electrons. The molecule has 0 fully saturated rings. The number of esters is 1. The molecule has 2 aromatic rings. The van der Waals surface area contributed by atoms with E-state index in [1.807, 2.05) is 12.1 Å². The maximum Gasteiger partial charge on any atom is 0.343 e. The summed E-state index contributed by atoms with van der Waals surface area (Å²) in [6.07, 6.45) is 5.92. The lowest BCUT2D eigenvalue weighted by Gasteiger charge is -2.11. The number of nitrogens with one attached hydrogen (secondary N) is 2. The molecule has 0 atom stereocenters. The smallest absolute Gasteiger partial charge is 0.343 e. The van der Waals surface area contributed by atoms with Crippen LogP contribution in [0.15, 0.2) is 30.5 Å². The average Bonchev–Trinajstić information content (AvgIpc) is 3.03. The Morgan fingerprint density at radius 1 is 1.18 bits per heavy atom. The maximum absolute atomic E-state index is 12.4. The fourth-order valence-electron chi connectivity index (χ4n) is 2.66. The summed E-state index contributed by atoms with van der Waals surface area (Å²) in [7, 11) is 1.66. The van der Waals surface area contributed by atoms with Gasteiger partial charge in [-0.05, 0) is 49.7 Å². The first-order chi connectivity index (χ1) is 13.5. The lowest BCUT2D eigenvalue weighted by Crippen LogP contribution is -2.35. The van der Waals surface area contributed by atoms with Gasteiger partial charge in [0.25, 0.3) is 5.91 Å². The van der Waals surface area contributed by atoms with Crippen molar-refractivity contribution in [1.82, 2.24) is 15.1 Å². The fourth-order valence-corrected chi connectivity index (χ4v) is 2.85. The summed E-state index contributed by atoms with van der Waals surface area (Å²) in [4.78, 5) is 24.4. The Morgan fingerprint density at radius 3 is 2.54 bits per heavy atom. The van der Waals surface area contributed by atoms with Crippen LogP contribution in [-0.4, -0.2) is 33.4 Å². The normalized spacial score (nSPS) is 10.4. The van der Waals surface area contributed by atoms with Crippen molar-refractivity contribution in [2.24, 2.45) is 7.05 Å². The zero-order chi connectivity index (χ0) is 20.5. The number of amides is 1. The summed E-state index contributed by atoms with van der Waals surface area (Å²) < 4.78 is 6.45. The van der Waals surface area contributed by atoms with Gasteiger partial charge in [-0.1, -0.05) is 31.9 Å². The molecule has 28 heavy (non-hydrogen) atoms. The summed E-state index contributed by atoms with van der Waals surface area (Å²) in [6.45, 7) is 4.15. The third-order valence-corrected chi connectivity index (χ3v) is 4.38. The molecule has 8 heteroatoms. The second kappa shape index (κ2) is 10.6. The van der Waals surface area contributed by atoms with E-state index in [9.17, 15) is 9.59 Å². The molecule has 1 aromatic carbocycles. The molecule has 0 saturated heterocycles. The van der Waals surface area contributed by atoms with Crippen LogP contribution in [0.4, 0.5) is 5.82 Å². The summed E-state index contributed by atoms with van der Waals surface area (Å²) >= 11 is 5.21. The maximum atomic E-state index is 12.4.